The van der Waals surface area contributed by atoms with E-state index in [1.807, 2.05) is 7.05 Å². The Morgan fingerprint density at radius 2 is 1.95 bits per heavy atom. The van der Waals surface area contributed by atoms with Crippen molar-refractivity contribution >= 4 is 11.4 Å². The van der Waals surface area contributed by atoms with Crippen LogP contribution in [0.3, 0.4) is 0 Å². The standard InChI is InChI=1S/C18H28N2/c1-8-14(4)20(9-2)16(6)18-12-13(3)10-11-17(18)15(5)19-7/h10-12,14H,6,8-9H2,1-5,7H3. The highest BCUT2D eigenvalue weighted by atomic mass is 15.2. The number of aryl methyl sites for hydroxylation is 1. The van der Waals surface area contributed by atoms with Gasteiger partial charge in [0.05, 0.1) is 0 Å². The largest absolute Gasteiger partial charge is 0.369 e. The molecule has 1 rings (SSSR count). The molecule has 0 amide bonds. The van der Waals surface area contributed by atoms with Crippen LogP contribution in [0.4, 0.5) is 0 Å². The van der Waals surface area contributed by atoms with E-state index in [2.05, 4.69) is 69.3 Å². The van der Waals surface area contributed by atoms with Crippen molar-refractivity contribution in [3.05, 3.63) is 41.5 Å². The summed E-state index contributed by atoms with van der Waals surface area (Å²) in [6, 6.07) is 7.01. The summed E-state index contributed by atoms with van der Waals surface area (Å²) in [6.45, 7) is 16.2. The van der Waals surface area contributed by atoms with Gasteiger partial charge in [-0.25, -0.2) is 0 Å². The second-order valence-corrected chi connectivity index (χ2v) is 5.35. The third-order valence-electron chi connectivity index (χ3n) is 4.02. The van der Waals surface area contributed by atoms with Crippen molar-refractivity contribution in [2.45, 2.75) is 47.1 Å². The molecular weight excluding hydrogens is 244 g/mol. The summed E-state index contributed by atoms with van der Waals surface area (Å²) >= 11 is 0. The SMILES string of the molecule is C=C(c1cc(C)ccc1C(C)=NC)N(CC)C(C)CC. The van der Waals surface area contributed by atoms with Crippen molar-refractivity contribution in [1.29, 1.82) is 0 Å². The van der Waals surface area contributed by atoms with Gasteiger partial charge in [0.2, 0.25) is 0 Å². The molecule has 0 aromatic heterocycles. The molecule has 1 unspecified atom stereocenters. The lowest BCUT2D eigenvalue weighted by molar-refractivity contribution is 0.319. The van der Waals surface area contributed by atoms with Gasteiger partial charge in [-0.1, -0.05) is 31.2 Å². The number of hydrogen-bond acceptors (Lipinski definition) is 2. The Labute approximate surface area is 124 Å². The molecule has 0 bridgehead atoms. The predicted molar refractivity (Wildman–Crippen MR) is 90.5 cm³/mol. The molecule has 0 heterocycles. The Balaban J connectivity index is 3.29. The Morgan fingerprint density at radius 1 is 1.30 bits per heavy atom. The maximum atomic E-state index is 4.35. The highest BCUT2D eigenvalue weighted by Gasteiger charge is 2.17. The van der Waals surface area contributed by atoms with Crippen molar-refractivity contribution in [1.82, 2.24) is 4.90 Å². The monoisotopic (exact) mass is 272 g/mol. The zero-order valence-electron chi connectivity index (χ0n) is 13.8. The minimum Gasteiger partial charge on any atom is -0.369 e. The van der Waals surface area contributed by atoms with Crippen LogP contribution in [-0.4, -0.2) is 30.2 Å². The first kappa shape index (κ1) is 16.5. The zero-order valence-corrected chi connectivity index (χ0v) is 13.8. The van der Waals surface area contributed by atoms with Crippen molar-refractivity contribution in [3.8, 4) is 0 Å². The summed E-state index contributed by atoms with van der Waals surface area (Å²) in [5.74, 6) is 0. The fraction of sp³-hybridized carbons (Fsp3) is 0.500. The molecule has 0 fully saturated rings. The Hall–Kier alpha value is -1.57. The van der Waals surface area contributed by atoms with Crippen molar-refractivity contribution in [2.24, 2.45) is 4.99 Å². The maximum Gasteiger partial charge on any atom is 0.0392 e. The molecule has 2 heteroatoms. The van der Waals surface area contributed by atoms with E-state index in [0.29, 0.717) is 6.04 Å². The molecule has 0 aliphatic rings. The van der Waals surface area contributed by atoms with Crippen LogP contribution in [0, 0.1) is 6.92 Å². The summed E-state index contributed by atoms with van der Waals surface area (Å²) in [7, 11) is 1.84. The third-order valence-corrected chi connectivity index (χ3v) is 4.02. The molecule has 0 aliphatic carbocycles. The lowest BCUT2D eigenvalue weighted by atomic mass is 9.97. The molecule has 1 atom stereocenters. The van der Waals surface area contributed by atoms with E-state index in [-0.39, 0.29) is 0 Å². The summed E-state index contributed by atoms with van der Waals surface area (Å²) in [5.41, 5.74) is 5.80. The Kier molecular flexibility index (Phi) is 6.00. The number of nitrogens with zero attached hydrogens (tertiary/aromatic N) is 2. The van der Waals surface area contributed by atoms with Gasteiger partial charge >= 0.3 is 0 Å². The van der Waals surface area contributed by atoms with E-state index in [4.69, 9.17) is 0 Å². The molecule has 0 radical (unpaired) electrons. The summed E-state index contributed by atoms with van der Waals surface area (Å²) in [5, 5.41) is 0. The van der Waals surface area contributed by atoms with Gasteiger partial charge in [0.15, 0.2) is 0 Å². The average Bonchev–Trinajstić information content (AvgIpc) is 2.46. The van der Waals surface area contributed by atoms with Gasteiger partial charge in [0, 0.05) is 42.2 Å². The second kappa shape index (κ2) is 7.28. The normalized spacial score (nSPS) is 13.2. The molecular formula is C18H28N2. The van der Waals surface area contributed by atoms with Gasteiger partial charge in [-0.15, -0.1) is 0 Å². The third kappa shape index (κ3) is 3.50. The van der Waals surface area contributed by atoms with Crippen LogP contribution in [0.2, 0.25) is 0 Å². The Morgan fingerprint density at radius 3 is 2.45 bits per heavy atom. The minimum atomic E-state index is 0.500. The number of rotatable bonds is 6. The molecule has 2 nitrogen and oxygen atoms in total. The second-order valence-electron chi connectivity index (χ2n) is 5.35. The smallest absolute Gasteiger partial charge is 0.0392 e. The fourth-order valence-electron chi connectivity index (χ4n) is 2.48. The van der Waals surface area contributed by atoms with E-state index < -0.39 is 0 Å². The van der Waals surface area contributed by atoms with Crippen molar-refractivity contribution < 1.29 is 0 Å². The zero-order chi connectivity index (χ0) is 15.3. The molecule has 1 aromatic carbocycles. The molecule has 0 aliphatic heterocycles. The van der Waals surface area contributed by atoms with E-state index in [1.54, 1.807) is 0 Å². The molecule has 20 heavy (non-hydrogen) atoms. The number of hydrogen-bond donors (Lipinski definition) is 0. The fourth-order valence-corrected chi connectivity index (χ4v) is 2.48. The molecule has 0 saturated carbocycles. The van der Waals surface area contributed by atoms with E-state index in [0.717, 1.165) is 24.4 Å². The van der Waals surface area contributed by atoms with Crippen LogP contribution < -0.4 is 0 Å². The highest BCUT2D eigenvalue weighted by molar-refractivity contribution is 6.02. The highest BCUT2D eigenvalue weighted by Crippen LogP contribution is 2.26. The van der Waals surface area contributed by atoms with Crippen LogP contribution >= 0.6 is 0 Å². The van der Waals surface area contributed by atoms with Crippen molar-refractivity contribution in [2.75, 3.05) is 13.6 Å². The first-order chi connectivity index (χ1) is 9.46. The van der Waals surface area contributed by atoms with E-state index >= 15 is 0 Å². The van der Waals surface area contributed by atoms with Gasteiger partial charge < -0.3 is 4.90 Å². The number of benzene rings is 1. The van der Waals surface area contributed by atoms with Gasteiger partial charge in [-0.3, -0.25) is 4.99 Å². The average molecular weight is 272 g/mol. The molecule has 110 valence electrons. The van der Waals surface area contributed by atoms with Gasteiger partial charge in [-0.2, -0.15) is 0 Å². The van der Waals surface area contributed by atoms with E-state index in [1.165, 1.54) is 16.7 Å². The quantitative estimate of drug-likeness (QED) is 0.695. The van der Waals surface area contributed by atoms with Crippen molar-refractivity contribution in [3.63, 3.8) is 0 Å². The van der Waals surface area contributed by atoms with Gasteiger partial charge in [-0.05, 0) is 40.2 Å². The molecule has 0 N–H and O–H groups in total. The van der Waals surface area contributed by atoms with Gasteiger partial charge in [0.1, 0.15) is 0 Å². The predicted octanol–water partition coefficient (Wildman–Crippen LogP) is 4.52. The van der Waals surface area contributed by atoms with Crippen LogP contribution in [0.5, 0.6) is 0 Å². The summed E-state index contributed by atoms with van der Waals surface area (Å²) in [6.07, 6.45) is 1.12. The maximum absolute atomic E-state index is 4.35. The van der Waals surface area contributed by atoms with Gasteiger partial charge in [0.25, 0.3) is 0 Å². The number of aliphatic imine (C=N–C) groups is 1. The minimum absolute atomic E-state index is 0.500. The van der Waals surface area contributed by atoms with E-state index in [9.17, 15) is 0 Å². The molecule has 0 spiro atoms. The summed E-state index contributed by atoms with van der Waals surface area (Å²) < 4.78 is 0. The van der Waals surface area contributed by atoms with Crippen LogP contribution in [-0.2, 0) is 0 Å². The summed E-state index contributed by atoms with van der Waals surface area (Å²) in [4.78, 5) is 6.71. The molecule has 1 aromatic rings. The first-order valence-corrected chi connectivity index (χ1v) is 7.46. The van der Waals surface area contributed by atoms with Crippen LogP contribution in [0.1, 0.15) is 50.8 Å². The lowest BCUT2D eigenvalue weighted by Crippen LogP contribution is -2.31. The first-order valence-electron chi connectivity index (χ1n) is 7.46. The molecule has 0 saturated heterocycles. The lowest BCUT2D eigenvalue weighted by Gasteiger charge is -2.32. The topological polar surface area (TPSA) is 15.6 Å². The van der Waals surface area contributed by atoms with Crippen LogP contribution in [0.25, 0.3) is 5.70 Å². The van der Waals surface area contributed by atoms with Crippen LogP contribution in [0.15, 0.2) is 29.8 Å². The Bertz CT molecular complexity index is 500.